The highest BCUT2D eigenvalue weighted by Crippen LogP contribution is 2.28. The predicted molar refractivity (Wildman–Crippen MR) is 107 cm³/mol. The Hall–Kier alpha value is -3.02. The first-order valence-electron chi connectivity index (χ1n) is 9.42. The van der Waals surface area contributed by atoms with Gasteiger partial charge in [-0.1, -0.05) is 23.8 Å². The summed E-state index contributed by atoms with van der Waals surface area (Å²) in [6, 6.07) is 12.8. The van der Waals surface area contributed by atoms with Gasteiger partial charge in [-0.25, -0.2) is 4.79 Å². The van der Waals surface area contributed by atoms with Gasteiger partial charge < -0.3 is 19.5 Å². The highest BCUT2D eigenvalue weighted by atomic mass is 16.5. The lowest BCUT2D eigenvalue weighted by atomic mass is 10.1. The van der Waals surface area contributed by atoms with Crippen LogP contribution < -0.4 is 14.8 Å². The Morgan fingerprint density at radius 1 is 0.964 bits per heavy atom. The van der Waals surface area contributed by atoms with E-state index < -0.39 is 5.97 Å². The van der Waals surface area contributed by atoms with Crippen molar-refractivity contribution in [3.05, 3.63) is 59.2 Å². The summed E-state index contributed by atoms with van der Waals surface area (Å²) in [5.74, 6) is 0.559. The van der Waals surface area contributed by atoms with Crippen LogP contribution in [0.5, 0.6) is 11.5 Å². The van der Waals surface area contributed by atoms with Gasteiger partial charge >= 0.3 is 5.97 Å². The fourth-order valence-electron chi connectivity index (χ4n) is 2.63. The number of hydrogen-bond donors (Lipinski definition) is 1. The summed E-state index contributed by atoms with van der Waals surface area (Å²) in [6.07, 6.45) is 0.629. The number of carbonyl (C=O) groups excluding carboxylic acids is 2. The maximum Gasteiger partial charge on any atom is 0.338 e. The molecule has 1 amide bonds. The lowest BCUT2D eigenvalue weighted by molar-refractivity contribution is -0.124. The van der Waals surface area contributed by atoms with Gasteiger partial charge in [0.25, 0.3) is 5.91 Å². The zero-order valence-corrected chi connectivity index (χ0v) is 16.6. The molecule has 0 radical (unpaired) electrons. The van der Waals surface area contributed by atoms with Crippen LogP contribution in [-0.4, -0.2) is 38.2 Å². The van der Waals surface area contributed by atoms with Gasteiger partial charge in [-0.2, -0.15) is 0 Å². The Balaban J connectivity index is 1.78. The van der Waals surface area contributed by atoms with Gasteiger partial charge in [-0.3, -0.25) is 4.79 Å². The molecular formula is C22H27NO5. The van der Waals surface area contributed by atoms with E-state index in [4.69, 9.17) is 14.2 Å². The van der Waals surface area contributed by atoms with E-state index in [1.807, 2.05) is 45.0 Å². The average molecular weight is 385 g/mol. The van der Waals surface area contributed by atoms with Gasteiger partial charge in [0.1, 0.15) is 0 Å². The van der Waals surface area contributed by atoms with Crippen molar-refractivity contribution in [2.45, 2.75) is 27.2 Å². The first kappa shape index (κ1) is 21.3. The van der Waals surface area contributed by atoms with Crippen LogP contribution in [0.15, 0.2) is 42.5 Å². The van der Waals surface area contributed by atoms with Crippen molar-refractivity contribution in [2.75, 3.05) is 26.4 Å². The van der Waals surface area contributed by atoms with E-state index >= 15 is 0 Å². The molecule has 0 heterocycles. The Kier molecular flexibility index (Phi) is 8.34. The minimum Gasteiger partial charge on any atom is -0.490 e. The SMILES string of the molecule is CCOc1ccc(CCNC(=O)COC(=O)c2cccc(C)c2)cc1OCC. The van der Waals surface area contributed by atoms with Crippen molar-refractivity contribution in [3.63, 3.8) is 0 Å². The van der Waals surface area contributed by atoms with Crippen molar-refractivity contribution in [1.82, 2.24) is 5.32 Å². The van der Waals surface area contributed by atoms with E-state index in [1.54, 1.807) is 18.2 Å². The molecule has 2 aromatic carbocycles. The molecule has 0 bridgehead atoms. The molecule has 0 atom stereocenters. The molecule has 0 aliphatic rings. The number of ether oxygens (including phenoxy) is 3. The quantitative estimate of drug-likeness (QED) is 0.635. The number of esters is 1. The number of amides is 1. The molecule has 2 rings (SSSR count). The third kappa shape index (κ3) is 6.61. The lowest BCUT2D eigenvalue weighted by Gasteiger charge is -2.12. The van der Waals surface area contributed by atoms with E-state index in [0.29, 0.717) is 43.2 Å². The minimum atomic E-state index is -0.508. The molecular weight excluding hydrogens is 358 g/mol. The summed E-state index contributed by atoms with van der Waals surface area (Å²) < 4.78 is 16.2. The van der Waals surface area contributed by atoms with Crippen LogP contribution >= 0.6 is 0 Å². The smallest absolute Gasteiger partial charge is 0.338 e. The molecule has 0 aliphatic heterocycles. The number of rotatable bonds is 10. The molecule has 0 saturated carbocycles. The van der Waals surface area contributed by atoms with Crippen molar-refractivity contribution in [2.24, 2.45) is 0 Å². The van der Waals surface area contributed by atoms with Gasteiger partial charge in [0, 0.05) is 6.54 Å². The first-order valence-corrected chi connectivity index (χ1v) is 9.42. The van der Waals surface area contributed by atoms with Gasteiger partial charge in [-0.05, 0) is 57.0 Å². The number of carbonyl (C=O) groups is 2. The molecule has 6 nitrogen and oxygen atoms in total. The summed E-state index contributed by atoms with van der Waals surface area (Å²) in [6.45, 7) is 6.97. The topological polar surface area (TPSA) is 73.9 Å². The number of hydrogen-bond acceptors (Lipinski definition) is 5. The Bertz CT molecular complexity index is 803. The zero-order valence-electron chi connectivity index (χ0n) is 16.6. The number of benzene rings is 2. The summed E-state index contributed by atoms with van der Waals surface area (Å²) in [5.41, 5.74) is 2.41. The molecule has 0 saturated heterocycles. The van der Waals surface area contributed by atoms with Crippen molar-refractivity contribution in [3.8, 4) is 11.5 Å². The molecule has 0 spiro atoms. The molecule has 28 heavy (non-hydrogen) atoms. The maximum atomic E-state index is 12.0. The van der Waals surface area contributed by atoms with Crippen LogP contribution in [0.2, 0.25) is 0 Å². The summed E-state index contributed by atoms with van der Waals surface area (Å²) in [7, 11) is 0. The van der Waals surface area contributed by atoms with Gasteiger partial charge in [0.05, 0.1) is 18.8 Å². The van der Waals surface area contributed by atoms with Crippen molar-refractivity contribution in [1.29, 1.82) is 0 Å². The van der Waals surface area contributed by atoms with Crippen molar-refractivity contribution < 1.29 is 23.8 Å². The van der Waals surface area contributed by atoms with Gasteiger partial charge in [-0.15, -0.1) is 0 Å². The summed E-state index contributed by atoms with van der Waals surface area (Å²) in [5, 5.41) is 2.75. The average Bonchev–Trinajstić information content (AvgIpc) is 2.68. The van der Waals surface area contributed by atoms with Crippen LogP contribution in [-0.2, 0) is 16.0 Å². The third-order valence-electron chi connectivity index (χ3n) is 3.93. The van der Waals surface area contributed by atoms with Crippen LogP contribution in [0.4, 0.5) is 0 Å². The molecule has 1 N–H and O–H groups in total. The maximum absolute atomic E-state index is 12.0. The van der Waals surface area contributed by atoms with Crippen LogP contribution in [0.1, 0.15) is 35.3 Å². The lowest BCUT2D eigenvalue weighted by Crippen LogP contribution is -2.30. The molecule has 0 aliphatic carbocycles. The zero-order chi connectivity index (χ0) is 20.4. The molecule has 0 unspecified atom stereocenters. The van der Waals surface area contributed by atoms with E-state index in [-0.39, 0.29) is 12.5 Å². The standard InChI is InChI=1S/C22H27NO5/c1-4-26-19-10-9-17(14-20(19)27-5-2)11-12-23-21(24)15-28-22(25)18-8-6-7-16(3)13-18/h6-10,13-14H,4-5,11-12,15H2,1-3H3,(H,23,24). The van der Waals surface area contributed by atoms with Gasteiger partial charge in [0.2, 0.25) is 0 Å². The number of aryl methyl sites for hydroxylation is 1. The van der Waals surface area contributed by atoms with E-state index in [9.17, 15) is 9.59 Å². The monoisotopic (exact) mass is 385 g/mol. The van der Waals surface area contributed by atoms with E-state index in [1.165, 1.54) is 0 Å². The molecule has 2 aromatic rings. The third-order valence-corrected chi connectivity index (χ3v) is 3.93. The van der Waals surface area contributed by atoms with Gasteiger partial charge in [0.15, 0.2) is 18.1 Å². The second-order valence-corrected chi connectivity index (χ2v) is 6.19. The number of nitrogens with one attached hydrogen (secondary N) is 1. The Labute approximate surface area is 165 Å². The highest BCUT2D eigenvalue weighted by Gasteiger charge is 2.10. The van der Waals surface area contributed by atoms with Crippen LogP contribution in [0, 0.1) is 6.92 Å². The summed E-state index contributed by atoms with van der Waals surface area (Å²) in [4.78, 5) is 23.9. The first-order chi connectivity index (χ1) is 13.5. The second-order valence-electron chi connectivity index (χ2n) is 6.19. The van der Waals surface area contributed by atoms with Crippen molar-refractivity contribution >= 4 is 11.9 Å². The van der Waals surface area contributed by atoms with Crippen LogP contribution in [0.25, 0.3) is 0 Å². The molecule has 6 heteroatoms. The molecule has 0 fully saturated rings. The predicted octanol–water partition coefficient (Wildman–Crippen LogP) is 3.31. The Morgan fingerprint density at radius 2 is 1.71 bits per heavy atom. The minimum absolute atomic E-state index is 0.305. The van der Waals surface area contributed by atoms with E-state index in [0.717, 1.165) is 11.1 Å². The highest BCUT2D eigenvalue weighted by molar-refractivity contribution is 5.91. The van der Waals surface area contributed by atoms with Crippen LogP contribution in [0.3, 0.4) is 0 Å². The second kappa shape index (κ2) is 11.0. The molecule has 0 aromatic heterocycles. The summed E-state index contributed by atoms with van der Waals surface area (Å²) >= 11 is 0. The normalized spacial score (nSPS) is 10.2. The largest absolute Gasteiger partial charge is 0.490 e. The fourth-order valence-corrected chi connectivity index (χ4v) is 2.63. The molecule has 150 valence electrons. The van der Waals surface area contributed by atoms with E-state index in [2.05, 4.69) is 5.32 Å². The Morgan fingerprint density at radius 3 is 2.43 bits per heavy atom. The fraction of sp³-hybridized carbons (Fsp3) is 0.364.